The van der Waals surface area contributed by atoms with E-state index in [1.165, 1.54) is 7.05 Å². The van der Waals surface area contributed by atoms with Crippen LogP contribution in [-0.2, 0) is 7.05 Å². The van der Waals surface area contributed by atoms with Gasteiger partial charge in [0, 0.05) is 7.05 Å². The van der Waals surface area contributed by atoms with Crippen molar-refractivity contribution in [3.63, 3.8) is 0 Å². The fraction of sp³-hybridized carbons (Fsp3) is 0.500. The average molecular weight is 179 g/mol. The van der Waals surface area contributed by atoms with E-state index in [-0.39, 0.29) is 23.5 Å². The Morgan fingerprint density at radius 1 is 1.15 bits per heavy atom. The maximum Gasteiger partial charge on any atom is 0.347 e. The van der Waals surface area contributed by atoms with Crippen LogP contribution in [0.5, 0.6) is 0 Å². The quantitative estimate of drug-likeness (QED) is 0.499. The number of fused-ring (bicyclic) bond motifs is 5. The molecule has 0 amide bonds. The lowest BCUT2D eigenvalue weighted by molar-refractivity contribution is 0.505. The highest BCUT2D eigenvalue weighted by molar-refractivity contribution is 5.12. The van der Waals surface area contributed by atoms with Gasteiger partial charge in [0.25, 0.3) is 0 Å². The van der Waals surface area contributed by atoms with Gasteiger partial charge in [-0.3, -0.25) is 0 Å². The number of hydrogen-bond donors (Lipinski definition) is 0. The van der Waals surface area contributed by atoms with E-state index in [4.69, 9.17) is 0 Å². The van der Waals surface area contributed by atoms with Crippen LogP contribution in [0.1, 0.15) is 18.5 Å². The third-order valence-corrected chi connectivity index (χ3v) is 2.86. The zero-order valence-corrected chi connectivity index (χ0v) is 7.17. The smallest absolute Gasteiger partial charge is 0.246 e. The molecule has 1 aliphatic heterocycles. The van der Waals surface area contributed by atoms with E-state index < -0.39 is 0 Å². The SMILES string of the molecule is Cn1c(=O)n2n(c1=O)[C@@H]1C=C[C@@H]2C1. The van der Waals surface area contributed by atoms with E-state index in [0.717, 1.165) is 11.0 Å². The number of hydrogen-bond acceptors (Lipinski definition) is 2. The Labute approximate surface area is 73.5 Å². The molecule has 1 aromatic heterocycles. The van der Waals surface area contributed by atoms with Crippen LogP contribution in [0.25, 0.3) is 0 Å². The van der Waals surface area contributed by atoms with Gasteiger partial charge in [-0.05, 0) is 6.42 Å². The van der Waals surface area contributed by atoms with Crippen molar-refractivity contribution < 1.29 is 0 Å². The zero-order chi connectivity index (χ0) is 9.16. The summed E-state index contributed by atoms with van der Waals surface area (Å²) in [6.07, 6.45) is 4.85. The molecule has 0 saturated heterocycles. The first-order valence-corrected chi connectivity index (χ1v) is 4.28. The summed E-state index contributed by atoms with van der Waals surface area (Å²) in [5.74, 6) is 0. The van der Waals surface area contributed by atoms with Gasteiger partial charge < -0.3 is 0 Å². The second kappa shape index (κ2) is 1.86. The van der Waals surface area contributed by atoms with E-state index >= 15 is 0 Å². The van der Waals surface area contributed by atoms with Crippen LogP contribution in [0, 0.1) is 0 Å². The molecule has 0 unspecified atom stereocenters. The summed E-state index contributed by atoms with van der Waals surface area (Å²) in [5, 5.41) is 0. The molecule has 0 fully saturated rings. The molecule has 68 valence electrons. The lowest BCUT2D eigenvalue weighted by atomic mass is 10.2. The lowest BCUT2D eigenvalue weighted by Crippen LogP contribution is -2.27. The van der Waals surface area contributed by atoms with E-state index in [9.17, 15) is 9.59 Å². The van der Waals surface area contributed by atoms with Gasteiger partial charge in [0.05, 0.1) is 12.1 Å². The number of nitrogens with zero attached hydrogens (tertiary/aromatic N) is 3. The number of aromatic nitrogens is 3. The Morgan fingerprint density at radius 3 is 2.08 bits per heavy atom. The van der Waals surface area contributed by atoms with Crippen LogP contribution in [0.4, 0.5) is 0 Å². The second-order valence-electron chi connectivity index (χ2n) is 3.57. The van der Waals surface area contributed by atoms with Gasteiger partial charge in [0.15, 0.2) is 0 Å². The van der Waals surface area contributed by atoms with Crippen LogP contribution in [-0.4, -0.2) is 13.9 Å². The number of rotatable bonds is 0. The lowest BCUT2D eigenvalue weighted by Gasteiger charge is -2.07. The molecular weight excluding hydrogens is 170 g/mol. The van der Waals surface area contributed by atoms with Crippen molar-refractivity contribution in [3.05, 3.63) is 33.1 Å². The van der Waals surface area contributed by atoms with Crippen molar-refractivity contribution >= 4 is 0 Å². The maximum atomic E-state index is 11.5. The standard InChI is InChI=1S/C8H9N3O2/c1-9-7(12)10-5-2-3-6(4-5)11(10)8(9)13/h2-3,5-6H,4H2,1H3/t5-,6-/m1/s1. The molecule has 13 heavy (non-hydrogen) atoms. The largest absolute Gasteiger partial charge is 0.347 e. The third kappa shape index (κ3) is 0.599. The molecule has 2 bridgehead atoms. The number of allylic oxidation sites excluding steroid dienone is 2. The van der Waals surface area contributed by atoms with Crippen molar-refractivity contribution in [2.24, 2.45) is 7.05 Å². The van der Waals surface area contributed by atoms with Crippen LogP contribution in [0.3, 0.4) is 0 Å². The highest BCUT2D eigenvalue weighted by Gasteiger charge is 2.36. The monoisotopic (exact) mass is 179 g/mol. The van der Waals surface area contributed by atoms with Crippen LogP contribution >= 0.6 is 0 Å². The predicted octanol–water partition coefficient (Wildman–Crippen LogP) is -0.596. The van der Waals surface area contributed by atoms with Crippen LogP contribution in [0.2, 0.25) is 0 Å². The summed E-state index contributed by atoms with van der Waals surface area (Å²) < 4.78 is 4.26. The van der Waals surface area contributed by atoms with Crippen molar-refractivity contribution in [3.8, 4) is 0 Å². The minimum atomic E-state index is -0.207. The first-order chi connectivity index (χ1) is 6.20. The highest BCUT2D eigenvalue weighted by atomic mass is 16.2. The summed E-state index contributed by atoms with van der Waals surface area (Å²) in [4.78, 5) is 23.1. The minimum absolute atomic E-state index is 0.103. The molecule has 5 nitrogen and oxygen atoms in total. The Balaban J connectivity index is 2.47. The molecule has 1 aromatic rings. The van der Waals surface area contributed by atoms with Gasteiger partial charge in [-0.15, -0.1) is 0 Å². The first-order valence-electron chi connectivity index (χ1n) is 4.28. The molecule has 0 N–H and O–H groups in total. The normalized spacial score (nSPS) is 28.4. The van der Waals surface area contributed by atoms with E-state index in [1.807, 2.05) is 12.2 Å². The predicted molar refractivity (Wildman–Crippen MR) is 45.8 cm³/mol. The molecule has 1 aliphatic carbocycles. The summed E-state index contributed by atoms with van der Waals surface area (Å²) in [7, 11) is 1.52. The van der Waals surface area contributed by atoms with Crippen molar-refractivity contribution in [1.29, 1.82) is 0 Å². The van der Waals surface area contributed by atoms with Gasteiger partial charge in [-0.1, -0.05) is 12.2 Å². The topological polar surface area (TPSA) is 48.9 Å². The molecule has 2 heterocycles. The molecule has 0 aromatic carbocycles. The third-order valence-electron chi connectivity index (χ3n) is 2.86. The summed E-state index contributed by atoms with van der Waals surface area (Å²) >= 11 is 0. The van der Waals surface area contributed by atoms with Crippen molar-refractivity contribution in [1.82, 2.24) is 13.9 Å². The van der Waals surface area contributed by atoms with Crippen molar-refractivity contribution in [2.75, 3.05) is 0 Å². The van der Waals surface area contributed by atoms with Gasteiger partial charge in [-0.2, -0.15) is 0 Å². The molecular formula is C8H9N3O2. The van der Waals surface area contributed by atoms with E-state index in [1.54, 1.807) is 9.36 Å². The Hall–Kier alpha value is -1.52. The molecule has 3 rings (SSSR count). The van der Waals surface area contributed by atoms with Gasteiger partial charge in [0.1, 0.15) is 0 Å². The van der Waals surface area contributed by atoms with Crippen LogP contribution < -0.4 is 11.4 Å². The Bertz CT molecular complexity index is 473. The first kappa shape index (κ1) is 6.94. The maximum absolute atomic E-state index is 11.5. The van der Waals surface area contributed by atoms with E-state index in [2.05, 4.69) is 0 Å². The fourth-order valence-electron chi connectivity index (χ4n) is 2.20. The molecule has 0 saturated carbocycles. The molecule has 5 heteroatoms. The zero-order valence-electron chi connectivity index (χ0n) is 7.17. The minimum Gasteiger partial charge on any atom is -0.246 e. The van der Waals surface area contributed by atoms with Crippen molar-refractivity contribution in [2.45, 2.75) is 18.5 Å². The highest BCUT2D eigenvalue weighted by Crippen LogP contribution is 2.35. The second-order valence-corrected chi connectivity index (χ2v) is 3.57. The van der Waals surface area contributed by atoms with Gasteiger partial charge in [-0.25, -0.2) is 23.5 Å². The average Bonchev–Trinajstić information content (AvgIpc) is 2.76. The van der Waals surface area contributed by atoms with Gasteiger partial charge in [0.2, 0.25) is 0 Å². The summed E-state index contributed by atoms with van der Waals surface area (Å²) in [6, 6.07) is 0.206. The van der Waals surface area contributed by atoms with Crippen LogP contribution in [0.15, 0.2) is 21.7 Å². The molecule has 2 aliphatic rings. The molecule has 0 spiro atoms. The van der Waals surface area contributed by atoms with Gasteiger partial charge >= 0.3 is 11.4 Å². The molecule has 0 radical (unpaired) electrons. The summed E-state index contributed by atoms with van der Waals surface area (Å²) in [5.41, 5.74) is -0.413. The Morgan fingerprint density at radius 2 is 1.62 bits per heavy atom. The van der Waals surface area contributed by atoms with E-state index in [0.29, 0.717) is 0 Å². The molecule has 2 atom stereocenters. The fourth-order valence-corrected chi connectivity index (χ4v) is 2.20. The summed E-state index contributed by atoms with van der Waals surface area (Å²) in [6.45, 7) is 0. The Kier molecular flexibility index (Phi) is 0.995.